The van der Waals surface area contributed by atoms with Crippen molar-refractivity contribution in [3.05, 3.63) is 0 Å². The molecule has 0 radical (unpaired) electrons. The number of hydrogen-bond acceptors (Lipinski definition) is 3. The van der Waals surface area contributed by atoms with Crippen LogP contribution in [0, 0.1) is 0 Å². The van der Waals surface area contributed by atoms with Crippen molar-refractivity contribution in [2.75, 3.05) is 20.1 Å². The standard InChI is InChI=1S/C12H24N2O/c1-9-6-12(7-10(2)15-9)13-11-4-5-14(3)8-11/h9-13H,4-8H2,1-3H3/t9-,10+,11-,12?/m1/s1. The van der Waals surface area contributed by atoms with Crippen LogP contribution < -0.4 is 5.32 Å². The van der Waals surface area contributed by atoms with E-state index >= 15 is 0 Å². The molecule has 2 saturated heterocycles. The fourth-order valence-electron chi connectivity index (χ4n) is 2.95. The molecule has 88 valence electrons. The van der Waals surface area contributed by atoms with Crippen molar-refractivity contribution in [2.24, 2.45) is 0 Å². The molecule has 1 unspecified atom stereocenters. The number of rotatable bonds is 2. The lowest BCUT2D eigenvalue weighted by molar-refractivity contribution is -0.0433. The zero-order chi connectivity index (χ0) is 10.8. The van der Waals surface area contributed by atoms with Crippen LogP contribution in [0.3, 0.4) is 0 Å². The third-order valence-electron chi connectivity index (χ3n) is 3.56. The Balaban J connectivity index is 1.78. The van der Waals surface area contributed by atoms with Crippen molar-refractivity contribution < 1.29 is 4.74 Å². The average Bonchev–Trinajstić information content (AvgIpc) is 2.49. The zero-order valence-corrected chi connectivity index (χ0v) is 10.2. The summed E-state index contributed by atoms with van der Waals surface area (Å²) in [5.74, 6) is 0. The molecule has 2 heterocycles. The van der Waals surface area contributed by atoms with Gasteiger partial charge < -0.3 is 15.0 Å². The van der Waals surface area contributed by atoms with Crippen molar-refractivity contribution in [1.29, 1.82) is 0 Å². The molecular weight excluding hydrogens is 188 g/mol. The number of nitrogens with zero attached hydrogens (tertiary/aromatic N) is 1. The highest BCUT2D eigenvalue weighted by molar-refractivity contribution is 4.86. The maximum absolute atomic E-state index is 5.75. The van der Waals surface area contributed by atoms with Crippen LogP contribution in [0.5, 0.6) is 0 Å². The number of likely N-dealkylation sites (N-methyl/N-ethyl adjacent to an activating group) is 1. The van der Waals surface area contributed by atoms with Crippen LogP contribution in [-0.4, -0.2) is 49.3 Å². The fraction of sp³-hybridized carbons (Fsp3) is 1.00. The van der Waals surface area contributed by atoms with Gasteiger partial charge in [0.2, 0.25) is 0 Å². The summed E-state index contributed by atoms with van der Waals surface area (Å²) in [6, 6.07) is 1.37. The first kappa shape index (κ1) is 11.4. The van der Waals surface area contributed by atoms with E-state index in [0.29, 0.717) is 24.3 Å². The van der Waals surface area contributed by atoms with Gasteiger partial charge in [-0.3, -0.25) is 0 Å². The maximum Gasteiger partial charge on any atom is 0.0565 e. The Morgan fingerprint density at radius 2 is 1.80 bits per heavy atom. The van der Waals surface area contributed by atoms with Crippen LogP contribution in [0.15, 0.2) is 0 Å². The van der Waals surface area contributed by atoms with Crippen LogP contribution in [-0.2, 0) is 4.74 Å². The van der Waals surface area contributed by atoms with Gasteiger partial charge in [0.1, 0.15) is 0 Å². The van der Waals surface area contributed by atoms with E-state index in [2.05, 4.69) is 31.1 Å². The molecule has 3 heteroatoms. The largest absolute Gasteiger partial charge is 0.375 e. The second-order valence-electron chi connectivity index (χ2n) is 5.34. The third kappa shape index (κ3) is 3.16. The van der Waals surface area contributed by atoms with Crippen LogP contribution in [0.2, 0.25) is 0 Å². The van der Waals surface area contributed by atoms with E-state index in [1.165, 1.54) is 32.4 Å². The lowest BCUT2D eigenvalue weighted by Gasteiger charge is -2.34. The highest BCUT2D eigenvalue weighted by Gasteiger charge is 2.28. The Bertz CT molecular complexity index is 200. The predicted molar refractivity (Wildman–Crippen MR) is 62.1 cm³/mol. The molecule has 2 aliphatic heterocycles. The van der Waals surface area contributed by atoms with Crippen molar-refractivity contribution in [3.8, 4) is 0 Å². The number of hydrogen-bond donors (Lipinski definition) is 1. The van der Waals surface area contributed by atoms with E-state index in [0.717, 1.165) is 0 Å². The summed E-state index contributed by atoms with van der Waals surface area (Å²) in [4.78, 5) is 2.41. The molecule has 0 aromatic heterocycles. The van der Waals surface area contributed by atoms with Crippen molar-refractivity contribution in [2.45, 2.75) is 57.4 Å². The molecule has 2 fully saturated rings. The highest BCUT2D eigenvalue weighted by Crippen LogP contribution is 2.20. The SMILES string of the molecule is C[C@@H]1CC(N[C@@H]2CCN(C)C2)C[C@H](C)O1. The summed E-state index contributed by atoms with van der Waals surface area (Å²) in [5, 5.41) is 3.79. The van der Waals surface area contributed by atoms with Crippen LogP contribution >= 0.6 is 0 Å². The molecule has 0 spiro atoms. The summed E-state index contributed by atoms with van der Waals surface area (Å²) >= 11 is 0. The van der Waals surface area contributed by atoms with Crippen molar-refractivity contribution in [1.82, 2.24) is 10.2 Å². The minimum Gasteiger partial charge on any atom is -0.375 e. The van der Waals surface area contributed by atoms with Gasteiger partial charge in [-0.15, -0.1) is 0 Å². The van der Waals surface area contributed by atoms with Gasteiger partial charge in [0, 0.05) is 18.6 Å². The van der Waals surface area contributed by atoms with Gasteiger partial charge in [0.05, 0.1) is 12.2 Å². The van der Waals surface area contributed by atoms with Crippen LogP contribution in [0.25, 0.3) is 0 Å². The second kappa shape index (κ2) is 4.81. The van der Waals surface area contributed by atoms with Gasteiger partial charge in [0.15, 0.2) is 0 Å². The summed E-state index contributed by atoms with van der Waals surface area (Å²) in [6.45, 7) is 6.82. The van der Waals surface area contributed by atoms with E-state index in [4.69, 9.17) is 4.74 Å². The normalized spacial score (nSPS) is 43.4. The average molecular weight is 212 g/mol. The molecule has 0 aliphatic carbocycles. The lowest BCUT2D eigenvalue weighted by Crippen LogP contribution is -2.46. The van der Waals surface area contributed by atoms with Crippen LogP contribution in [0.4, 0.5) is 0 Å². The minimum absolute atomic E-state index is 0.422. The molecular formula is C12H24N2O. The topological polar surface area (TPSA) is 24.5 Å². The zero-order valence-electron chi connectivity index (χ0n) is 10.2. The van der Waals surface area contributed by atoms with Gasteiger partial charge in [-0.25, -0.2) is 0 Å². The van der Waals surface area contributed by atoms with E-state index in [9.17, 15) is 0 Å². The number of ether oxygens (including phenoxy) is 1. The maximum atomic E-state index is 5.75. The molecule has 15 heavy (non-hydrogen) atoms. The Kier molecular flexibility index (Phi) is 3.65. The Hall–Kier alpha value is -0.120. The molecule has 0 aromatic rings. The first-order valence-electron chi connectivity index (χ1n) is 6.23. The molecule has 0 saturated carbocycles. The molecule has 3 nitrogen and oxygen atoms in total. The van der Waals surface area contributed by atoms with E-state index in [1.54, 1.807) is 0 Å². The molecule has 0 bridgehead atoms. The van der Waals surface area contributed by atoms with Gasteiger partial charge in [-0.05, 0) is 46.7 Å². The third-order valence-corrected chi connectivity index (χ3v) is 3.56. The molecule has 2 rings (SSSR count). The minimum atomic E-state index is 0.422. The first-order valence-corrected chi connectivity index (χ1v) is 6.23. The summed E-state index contributed by atoms with van der Waals surface area (Å²) in [6.07, 6.45) is 4.49. The van der Waals surface area contributed by atoms with E-state index in [-0.39, 0.29) is 0 Å². The highest BCUT2D eigenvalue weighted by atomic mass is 16.5. The lowest BCUT2D eigenvalue weighted by atomic mass is 9.99. The quantitative estimate of drug-likeness (QED) is 0.745. The number of likely N-dealkylation sites (tertiary alicyclic amines) is 1. The predicted octanol–water partition coefficient (Wildman–Crippen LogP) is 1.24. The molecule has 4 atom stereocenters. The van der Waals surface area contributed by atoms with Crippen LogP contribution in [0.1, 0.15) is 33.1 Å². The second-order valence-corrected chi connectivity index (χ2v) is 5.34. The van der Waals surface area contributed by atoms with Gasteiger partial charge >= 0.3 is 0 Å². The Morgan fingerprint density at radius 1 is 1.13 bits per heavy atom. The summed E-state index contributed by atoms with van der Waals surface area (Å²) < 4.78 is 5.75. The molecule has 0 amide bonds. The molecule has 2 aliphatic rings. The monoisotopic (exact) mass is 212 g/mol. The molecule has 0 aromatic carbocycles. The Labute approximate surface area is 93.2 Å². The number of nitrogens with one attached hydrogen (secondary N) is 1. The van der Waals surface area contributed by atoms with Gasteiger partial charge in [0.25, 0.3) is 0 Å². The smallest absolute Gasteiger partial charge is 0.0565 e. The summed E-state index contributed by atoms with van der Waals surface area (Å²) in [7, 11) is 2.21. The first-order chi connectivity index (χ1) is 7.13. The fourth-order valence-corrected chi connectivity index (χ4v) is 2.95. The van der Waals surface area contributed by atoms with Gasteiger partial charge in [-0.2, -0.15) is 0 Å². The Morgan fingerprint density at radius 3 is 2.33 bits per heavy atom. The molecule has 1 N–H and O–H groups in total. The van der Waals surface area contributed by atoms with E-state index < -0.39 is 0 Å². The van der Waals surface area contributed by atoms with E-state index in [1.807, 2.05) is 0 Å². The van der Waals surface area contributed by atoms with Crippen molar-refractivity contribution >= 4 is 0 Å². The van der Waals surface area contributed by atoms with Gasteiger partial charge in [-0.1, -0.05) is 0 Å². The van der Waals surface area contributed by atoms with Crippen molar-refractivity contribution in [3.63, 3.8) is 0 Å². The summed E-state index contributed by atoms with van der Waals surface area (Å²) in [5.41, 5.74) is 0.